The van der Waals surface area contributed by atoms with Gasteiger partial charge in [-0.25, -0.2) is 34.9 Å². The number of halogens is 1. The van der Waals surface area contributed by atoms with Crippen LogP contribution in [0, 0.1) is 16.2 Å². The van der Waals surface area contributed by atoms with Crippen molar-refractivity contribution in [2.24, 2.45) is 48.4 Å². The molecule has 3 aromatic carbocycles. The van der Waals surface area contributed by atoms with Crippen molar-refractivity contribution in [2.45, 2.75) is 87.6 Å². The molecule has 1 saturated carbocycles. The molecule has 0 bridgehead atoms. The Hall–Kier alpha value is -9.00. The average Bonchev–Trinajstić information content (AvgIpc) is 1.65. The molecule has 462 valence electrons. The maximum Gasteiger partial charge on any atom is 0.283 e. The lowest BCUT2D eigenvalue weighted by Gasteiger charge is -2.61. The summed E-state index contributed by atoms with van der Waals surface area (Å²) in [6, 6.07) is 21.1. The molecule has 89 heavy (non-hydrogen) atoms. The number of aliphatic imine (C=N–C) groups is 3. The number of amidine groups is 3. The van der Waals surface area contributed by atoms with Crippen LogP contribution in [0.5, 0.6) is 29.0 Å². The largest absolute Gasteiger partial charge is 0.493 e. The van der Waals surface area contributed by atoms with E-state index in [2.05, 4.69) is 24.9 Å². The summed E-state index contributed by atoms with van der Waals surface area (Å²) in [5.41, 5.74) is 20.0. The average molecular weight is 1230 g/mol. The van der Waals surface area contributed by atoms with Gasteiger partial charge in [0.1, 0.15) is 82.0 Å². The van der Waals surface area contributed by atoms with Gasteiger partial charge in [-0.3, -0.25) is 19.4 Å². The van der Waals surface area contributed by atoms with E-state index in [9.17, 15) is 14.4 Å². The first-order valence-electron chi connectivity index (χ1n) is 29.1. The molecular weight excluding hydrogens is 1170 g/mol. The fraction of sp³-hybridized carbons (Fsp3) is 0.422. The van der Waals surface area contributed by atoms with Gasteiger partial charge >= 0.3 is 0 Å². The number of pyridine rings is 1. The zero-order valence-corrected chi connectivity index (χ0v) is 50.7. The highest BCUT2D eigenvalue weighted by atomic mass is 35.5. The third kappa shape index (κ3) is 9.59. The van der Waals surface area contributed by atoms with Crippen molar-refractivity contribution in [2.75, 3.05) is 67.1 Å². The molecule has 24 nitrogen and oxygen atoms in total. The lowest BCUT2D eigenvalue weighted by atomic mass is 9.55. The van der Waals surface area contributed by atoms with Gasteiger partial charge in [0.25, 0.3) is 18.1 Å². The Morgan fingerprint density at radius 3 is 1.22 bits per heavy atom. The first-order valence-corrected chi connectivity index (χ1v) is 29.4. The van der Waals surface area contributed by atoms with Gasteiger partial charge in [0.15, 0.2) is 17.3 Å². The fourth-order valence-electron chi connectivity index (χ4n) is 13.7. The molecule has 11 heterocycles. The van der Waals surface area contributed by atoms with Gasteiger partial charge in [-0.15, -0.1) is 0 Å². The Morgan fingerprint density at radius 2 is 0.876 bits per heavy atom. The predicted molar refractivity (Wildman–Crippen MR) is 321 cm³/mol. The quantitative estimate of drug-likeness (QED) is 0.122. The molecule has 3 aromatic heterocycles. The van der Waals surface area contributed by atoms with Crippen molar-refractivity contribution in [3.05, 3.63) is 153 Å². The summed E-state index contributed by atoms with van der Waals surface area (Å²) in [7, 11) is 3.00. The molecule has 25 heteroatoms. The summed E-state index contributed by atoms with van der Waals surface area (Å²) in [5.74, 6) is 2.59. The molecule has 2 saturated heterocycles. The van der Waals surface area contributed by atoms with Gasteiger partial charge < -0.3 is 64.6 Å². The molecule has 6 spiro atoms. The summed E-state index contributed by atoms with van der Waals surface area (Å²) >= 11 is 5.87. The van der Waals surface area contributed by atoms with Crippen LogP contribution in [0.3, 0.4) is 0 Å². The van der Waals surface area contributed by atoms with Crippen LogP contribution in [-0.4, -0.2) is 139 Å². The van der Waals surface area contributed by atoms with E-state index in [0.29, 0.717) is 86.8 Å². The molecule has 9 aliphatic rings. The lowest BCUT2D eigenvalue weighted by Crippen LogP contribution is -2.71. The number of rotatable bonds is 11. The normalized spacial score (nSPS) is 24.4. The van der Waals surface area contributed by atoms with Gasteiger partial charge in [0.05, 0.1) is 87.9 Å². The summed E-state index contributed by atoms with van der Waals surface area (Å²) in [5, 5.41) is 0.492. The molecule has 3 unspecified atom stereocenters. The van der Waals surface area contributed by atoms with Crippen molar-refractivity contribution in [3.63, 3.8) is 0 Å². The molecular formula is C64H66ClN11O13. The summed E-state index contributed by atoms with van der Waals surface area (Å²) in [4.78, 5) is 72.9. The Labute approximate surface area is 516 Å². The standard InChI is InChI=1S/C22H22ClN3O4.C22H24N4O5.C20H20N4O4/c1-20(2)21(10-28-11-21)22(12-29-19(24)26-22)15-7-13(3-6-18(15)30-20)8-17(27)16-5-4-14(23)9-25-16;1-20(2)21(10-29-11-21)22(12-30-19(23)26-22)14-6-13(4-5-17(14)31-20)7-16(27)15-8-25-18(28-3)9-24-15;1-26-17-9-22-14(8-23-17)15(25)7-12-2-3-16-13(6-12)20(11-28-18(21)24-20)19(4-5-19)10-27-16/h3-7,9H,8,10-12H2,1-2H3,(H2,24,26);4-6,8-9H,7,10-12H2,1-3H3,(H2,23,26);2-3,6,8-9H,4-5,7,10-11H2,1H3,(H2,21,24). The minimum Gasteiger partial charge on any atom is -0.493 e. The highest BCUT2D eigenvalue weighted by Crippen LogP contribution is 2.66. The highest BCUT2D eigenvalue weighted by molar-refractivity contribution is 6.30. The number of aromatic nitrogens is 5. The molecule has 0 amide bonds. The van der Waals surface area contributed by atoms with Crippen LogP contribution in [-0.2, 0) is 59.6 Å². The van der Waals surface area contributed by atoms with E-state index in [-0.39, 0.29) is 65.8 Å². The van der Waals surface area contributed by atoms with Gasteiger partial charge in [0, 0.05) is 47.6 Å². The number of Topliss-reactive ketones (excluding diaryl/α,β-unsaturated/α-hetero) is 3. The van der Waals surface area contributed by atoms with E-state index in [0.717, 1.165) is 57.7 Å². The Morgan fingerprint density at radius 1 is 0.472 bits per heavy atom. The second-order valence-corrected chi connectivity index (χ2v) is 25.2. The number of benzene rings is 3. The van der Waals surface area contributed by atoms with Crippen LogP contribution in [0.4, 0.5) is 0 Å². The zero-order chi connectivity index (χ0) is 62.4. The maximum absolute atomic E-state index is 12.8. The molecule has 3 atom stereocenters. The van der Waals surface area contributed by atoms with Crippen molar-refractivity contribution < 1.29 is 61.8 Å². The Balaban J connectivity index is 0.000000123. The summed E-state index contributed by atoms with van der Waals surface area (Å²) < 4.78 is 56.9. The number of carbonyl (C=O) groups excluding carboxylic acids is 3. The second-order valence-electron chi connectivity index (χ2n) is 24.8. The van der Waals surface area contributed by atoms with Crippen LogP contribution < -0.4 is 40.9 Å². The number of hydrogen-bond donors (Lipinski definition) is 3. The predicted octanol–water partition coefficient (Wildman–Crippen LogP) is 6.15. The Kier molecular flexibility index (Phi) is 14.3. The minimum atomic E-state index is -0.731. The van der Waals surface area contributed by atoms with Crippen molar-refractivity contribution in [3.8, 4) is 29.0 Å². The van der Waals surface area contributed by atoms with Gasteiger partial charge in [-0.2, -0.15) is 0 Å². The summed E-state index contributed by atoms with van der Waals surface area (Å²) in [6.07, 6.45) is 9.81. The number of hydrogen-bond acceptors (Lipinski definition) is 24. The molecule has 6 aromatic rings. The fourth-order valence-corrected chi connectivity index (χ4v) is 13.8. The van der Waals surface area contributed by atoms with Gasteiger partial charge in [0.2, 0.25) is 11.8 Å². The monoisotopic (exact) mass is 1230 g/mol. The van der Waals surface area contributed by atoms with Crippen molar-refractivity contribution in [1.82, 2.24) is 24.9 Å². The van der Waals surface area contributed by atoms with E-state index in [1.807, 2.05) is 82.3 Å². The molecule has 8 aliphatic heterocycles. The van der Waals surface area contributed by atoms with Crippen LogP contribution >= 0.6 is 11.6 Å². The number of nitrogens with two attached hydrogens (primary N) is 3. The number of nitrogens with zero attached hydrogens (tertiary/aromatic N) is 8. The number of methoxy groups -OCH3 is 2. The first kappa shape index (κ1) is 59.0. The lowest BCUT2D eigenvalue weighted by molar-refractivity contribution is -0.247. The number of ketones is 3. The second kappa shape index (κ2) is 21.6. The zero-order valence-electron chi connectivity index (χ0n) is 49.9. The maximum atomic E-state index is 12.8. The van der Waals surface area contributed by atoms with Crippen LogP contribution in [0.1, 0.15) is 105 Å². The van der Waals surface area contributed by atoms with E-state index in [4.69, 9.17) is 91.1 Å². The Bertz CT molecular complexity index is 3930. The third-order valence-electron chi connectivity index (χ3n) is 19.3. The number of carbonyl (C=O) groups is 3. The number of fused-ring (bicyclic) bond motifs is 9. The van der Waals surface area contributed by atoms with Crippen molar-refractivity contribution >= 4 is 47.0 Å². The third-order valence-corrected chi connectivity index (χ3v) is 19.5. The van der Waals surface area contributed by atoms with E-state index in [1.165, 1.54) is 45.2 Å². The molecule has 1 aliphatic carbocycles. The van der Waals surface area contributed by atoms with E-state index < -0.39 is 38.6 Å². The molecule has 6 N–H and O–H groups in total. The molecule has 0 radical (unpaired) electrons. The molecule has 3 fully saturated rings. The SMILES string of the molecule is CC1(C)Oc2ccc(CC(=O)c3ccc(Cl)cn3)cc2C2(COC(N)=N2)C12COC2.COc1cnc(C(=O)Cc2ccc3c(c2)C2(COC(N)=N2)C2(CC2)CO3)cn1.COc1cnc(C(=O)Cc2ccc3c(c2)C2(COC(N)=N2)C2(COC2)C(C)(C)O3)cn1. The highest BCUT2D eigenvalue weighted by Gasteiger charge is 2.73. The van der Waals surface area contributed by atoms with Crippen LogP contribution in [0.25, 0.3) is 0 Å². The van der Waals surface area contributed by atoms with E-state index >= 15 is 0 Å². The topological polar surface area (TPSA) is 323 Å². The summed E-state index contributed by atoms with van der Waals surface area (Å²) in [6.45, 7) is 11.8. The van der Waals surface area contributed by atoms with Crippen LogP contribution in [0.15, 0.2) is 113 Å². The van der Waals surface area contributed by atoms with Crippen molar-refractivity contribution in [1.29, 1.82) is 0 Å². The van der Waals surface area contributed by atoms with E-state index in [1.54, 1.807) is 12.1 Å². The van der Waals surface area contributed by atoms with Gasteiger partial charge in [-0.05, 0) is 106 Å². The molecule has 15 rings (SSSR count). The minimum absolute atomic E-state index is 0.0643. The smallest absolute Gasteiger partial charge is 0.283 e. The first-order chi connectivity index (χ1) is 42.6. The number of ether oxygens (including phenoxy) is 10. The van der Waals surface area contributed by atoms with Crippen LogP contribution in [0.2, 0.25) is 5.02 Å². The van der Waals surface area contributed by atoms with Gasteiger partial charge in [-0.1, -0.05) is 29.8 Å².